The van der Waals surface area contributed by atoms with Gasteiger partial charge in [0.2, 0.25) is 0 Å². The number of alkyl halides is 2. The fraction of sp³-hybridized carbons (Fsp3) is 0.917. The Labute approximate surface area is 106 Å². The molecular formula is C12H20F2N2O2. The Morgan fingerprint density at radius 3 is 2.61 bits per heavy atom. The van der Waals surface area contributed by atoms with Crippen molar-refractivity contribution in [2.24, 2.45) is 5.92 Å². The van der Waals surface area contributed by atoms with Crippen LogP contribution in [0.3, 0.4) is 0 Å². The predicted molar refractivity (Wildman–Crippen MR) is 62.5 cm³/mol. The van der Waals surface area contributed by atoms with Gasteiger partial charge >= 0.3 is 11.9 Å². The highest BCUT2D eigenvalue weighted by molar-refractivity contribution is 5.79. The predicted octanol–water partition coefficient (Wildman–Crippen LogP) is 0.869. The average molecular weight is 262 g/mol. The second kappa shape index (κ2) is 5.48. The summed E-state index contributed by atoms with van der Waals surface area (Å²) in [5, 5.41) is 3.15. The van der Waals surface area contributed by atoms with E-state index in [9.17, 15) is 13.6 Å². The molecule has 18 heavy (non-hydrogen) atoms. The van der Waals surface area contributed by atoms with Crippen molar-refractivity contribution in [1.29, 1.82) is 0 Å². The zero-order valence-corrected chi connectivity index (χ0v) is 10.6. The van der Waals surface area contributed by atoms with Gasteiger partial charge in [-0.2, -0.15) is 8.78 Å². The van der Waals surface area contributed by atoms with E-state index >= 15 is 0 Å². The number of hydrogen-bond acceptors (Lipinski definition) is 4. The van der Waals surface area contributed by atoms with E-state index in [1.54, 1.807) is 0 Å². The summed E-state index contributed by atoms with van der Waals surface area (Å²) in [6.07, 6.45) is 1.02. The molecule has 0 spiro atoms. The van der Waals surface area contributed by atoms with Crippen LogP contribution in [0, 0.1) is 5.92 Å². The van der Waals surface area contributed by atoms with E-state index in [4.69, 9.17) is 4.74 Å². The zero-order chi connectivity index (χ0) is 13.2. The zero-order valence-electron chi connectivity index (χ0n) is 10.6. The number of nitrogens with one attached hydrogen (secondary N) is 1. The van der Waals surface area contributed by atoms with E-state index in [-0.39, 0.29) is 0 Å². The minimum absolute atomic E-state index is 0.438. The molecule has 2 fully saturated rings. The molecule has 0 aliphatic carbocycles. The summed E-state index contributed by atoms with van der Waals surface area (Å²) in [5.74, 6) is -3.98. The first-order valence-corrected chi connectivity index (χ1v) is 6.47. The Morgan fingerprint density at radius 1 is 1.44 bits per heavy atom. The van der Waals surface area contributed by atoms with Crippen LogP contribution in [-0.4, -0.2) is 56.1 Å². The lowest BCUT2D eigenvalue weighted by Crippen LogP contribution is -2.40. The second-order valence-electron chi connectivity index (χ2n) is 5.24. The summed E-state index contributed by atoms with van der Waals surface area (Å²) >= 11 is 0. The molecule has 0 saturated carbocycles. The van der Waals surface area contributed by atoms with Crippen LogP contribution in [-0.2, 0) is 9.53 Å². The number of esters is 1. The molecule has 2 aliphatic heterocycles. The topological polar surface area (TPSA) is 41.6 Å². The summed E-state index contributed by atoms with van der Waals surface area (Å²) in [5.41, 5.74) is 0. The van der Waals surface area contributed by atoms with Gasteiger partial charge in [0, 0.05) is 6.54 Å². The molecule has 2 saturated heterocycles. The summed E-state index contributed by atoms with van der Waals surface area (Å²) in [6, 6.07) is 0. The van der Waals surface area contributed by atoms with Crippen molar-refractivity contribution >= 4 is 5.97 Å². The number of cyclic esters (lactones) is 1. The van der Waals surface area contributed by atoms with E-state index in [1.807, 2.05) is 7.05 Å². The third-order valence-electron chi connectivity index (χ3n) is 3.72. The second-order valence-corrected chi connectivity index (χ2v) is 5.24. The van der Waals surface area contributed by atoms with Gasteiger partial charge in [-0.1, -0.05) is 0 Å². The number of piperidine rings is 1. The van der Waals surface area contributed by atoms with Crippen LogP contribution >= 0.6 is 0 Å². The molecule has 0 aromatic carbocycles. The van der Waals surface area contributed by atoms with Crippen LogP contribution in [0.5, 0.6) is 0 Å². The number of ether oxygens (including phenoxy) is 1. The first-order chi connectivity index (χ1) is 8.51. The highest BCUT2D eigenvalue weighted by Crippen LogP contribution is 2.31. The number of carbonyl (C=O) groups is 1. The van der Waals surface area contributed by atoms with Gasteiger partial charge in [0.25, 0.3) is 0 Å². The minimum Gasteiger partial charge on any atom is -0.456 e. The number of likely N-dealkylation sites (tertiary alicyclic amines) is 1. The number of hydrogen-bond donors (Lipinski definition) is 1. The van der Waals surface area contributed by atoms with Crippen LogP contribution < -0.4 is 5.32 Å². The lowest BCUT2D eigenvalue weighted by Gasteiger charge is -2.32. The summed E-state index contributed by atoms with van der Waals surface area (Å²) in [6.45, 7) is 3.23. The molecule has 0 aromatic heterocycles. The molecule has 2 heterocycles. The third kappa shape index (κ3) is 3.17. The van der Waals surface area contributed by atoms with Crippen molar-refractivity contribution in [2.45, 2.75) is 31.3 Å². The molecule has 0 amide bonds. The highest BCUT2D eigenvalue weighted by Gasteiger charge is 2.51. The van der Waals surface area contributed by atoms with E-state index in [2.05, 4.69) is 10.2 Å². The lowest BCUT2D eigenvalue weighted by atomic mass is 9.96. The van der Waals surface area contributed by atoms with E-state index in [0.717, 1.165) is 32.5 Å². The normalized spacial score (nSPS) is 29.5. The molecule has 2 rings (SSSR count). The largest absolute Gasteiger partial charge is 0.456 e. The molecule has 1 N–H and O–H groups in total. The third-order valence-corrected chi connectivity index (χ3v) is 3.72. The Morgan fingerprint density at radius 2 is 2.11 bits per heavy atom. The molecule has 0 bridgehead atoms. The number of nitrogens with zero attached hydrogens (tertiary/aromatic N) is 1. The molecule has 0 radical (unpaired) electrons. The Balaban J connectivity index is 1.74. The quantitative estimate of drug-likeness (QED) is 0.763. The summed E-state index contributed by atoms with van der Waals surface area (Å²) < 4.78 is 30.7. The summed E-state index contributed by atoms with van der Waals surface area (Å²) in [4.78, 5) is 13.0. The maximum Gasteiger partial charge on any atom is 0.377 e. The Kier molecular flexibility index (Phi) is 4.17. The number of carbonyl (C=O) groups excluding carboxylic acids is 1. The smallest absolute Gasteiger partial charge is 0.377 e. The maximum absolute atomic E-state index is 13.0. The van der Waals surface area contributed by atoms with Crippen LogP contribution in [0.25, 0.3) is 0 Å². The molecule has 1 atom stereocenters. The standard InChI is InChI=1S/C12H20F2N2O2/c1-15-7-9-2-4-16(5-3-9)8-10-6-12(13,14)11(17)18-10/h9-10,15H,2-8H2,1H3. The first-order valence-electron chi connectivity index (χ1n) is 6.47. The average Bonchev–Trinajstić information content (AvgIpc) is 2.55. The van der Waals surface area contributed by atoms with Crippen molar-refractivity contribution in [2.75, 3.05) is 33.2 Å². The fourth-order valence-corrected chi connectivity index (χ4v) is 2.70. The lowest BCUT2D eigenvalue weighted by molar-refractivity contribution is -0.159. The van der Waals surface area contributed by atoms with Crippen LogP contribution in [0.15, 0.2) is 0 Å². The SMILES string of the molecule is CNCC1CCN(CC2CC(F)(F)C(=O)O2)CC1. The van der Waals surface area contributed by atoms with Gasteiger partial charge in [-0.05, 0) is 45.4 Å². The van der Waals surface area contributed by atoms with Gasteiger partial charge in [-0.15, -0.1) is 0 Å². The number of rotatable bonds is 4. The van der Waals surface area contributed by atoms with Crippen molar-refractivity contribution in [3.63, 3.8) is 0 Å². The van der Waals surface area contributed by atoms with Crippen molar-refractivity contribution in [1.82, 2.24) is 10.2 Å². The summed E-state index contributed by atoms with van der Waals surface area (Å²) in [7, 11) is 1.94. The molecule has 2 aliphatic rings. The van der Waals surface area contributed by atoms with Crippen LogP contribution in [0.2, 0.25) is 0 Å². The van der Waals surface area contributed by atoms with Crippen molar-refractivity contribution in [3.05, 3.63) is 0 Å². The van der Waals surface area contributed by atoms with E-state index in [0.29, 0.717) is 12.5 Å². The highest BCUT2D eigenvalue weighted by atomic mass is 19.3. The van der Waals surface area contributed by atoms with Crippen molar-refractivity contribution in [3.8, 4) is 0 Å². The first kappa shape index (κ1) is 13.7. The molecule has 104 valence electrons. The monoisotopic (exact) mass is 262 g/mol. The Hall–Kier alpha value is -0.750. The van der Waals surface area contributed by atoms with Gasteiger partial charge < -0.3 is 10.1 Å². The van der Waals surface area contributed by atoms with Gasteiger partial charge in [0.05, 0.1) is 6.42 Å². The van der Waals surface area contributed by atoms with Gasteiger partial charge in [0.1, 0.15) is 6.10 Å². The molecular weight excluding hydrogens is 242 g/mol. The number of halogens is 2. The van der Waals surface area contributed by atoms with E-state index < -0.39 is 24.4 Å². The van der Waals surface area contributed by atoms with Gasteiger partial charge in [0.15, 0.2) is 0 Å². The van der Waals surface area contributed by atoms with Gasteiger partial charge in [-0.3, -0.25) is 4.90 Å². The molecule has 6 heteroatoms. The minimum atomic E-state index is -3.28. The van der Waals surface area contributed by atoms with Crippen LogP contribution in [0.1, 0.15) is 19.3 Å². The van der Waals surface area contributed by atoms with Crippen LogP contribution in [0.4, 0.5) is 8.78 Å². The Bertz CT molecular complexity index is 304. The fourth-order valence-electron chi connectivity index (χ4n) is 2.70. The molecule has 0 aromatic rings. The molecule has 1 unspecified atom stereocenters. The van der Waals surface area contributed by atoms with Crippen molar-refractivity contribution < 1.29 is 18.3 Å². The van der Waals surface area contributed by atoms with E-state index in [1.165, 1.54) is 0 Å². The molecule has 4 nitrogen and oxygen atoms in total. The maximum atomic E-state index is 13.0. The van der Waals surface area contributed by atoms with Gasteiger partial charge in [-0.25, -0.2) is 4.79 Å².